The summed E-state index contributed by atoms with van der Waals surface area (Å²) in [6.45, 7) is 6.11. The molecule has 1 unspecified atom stereocenters. The van der Waals surface area contributed by atoms with Crippen LogP contribution < -0.4 is 0 Å². The molecular formula is C9H14NS. The molecule has 61 valence electrons. The zero-order chi connectivity index (χ0) is 8.10. The lowest BCUT2D eigenvalue weighted by Gasteiger charge is -2.04. The summed E-state index contributed by atoms with van der Waals surface area (Å²) in [4.78, 5) is 4.22. The van der Waals surface area contributed by atoms with Crippen LogP contribution in [-0.2, 0) is 6.42 Å². The van der Waals surface area contributed by atoms with E-state index in [4.69, 9.17) is 0 Å². The van der Waals surface area contributed by atoms with Gasteiger partial charge >= 0.3 is 0 Å². The number of rotatable bonds is 4. The SMILES string of the molecule is [CH2]CC(C)CCc1nccs1. The Morgan fingerprint density at radius 1 is 1.73 bits per heavy atom. The van der Waals surface area contributed by atoms with Crippen molar-refractivity contribution in [2.24, 2.45) is 5.92 Å². The third kappa shape index (κ3) is 3.02. The van der Waals surface area contributed by atoms with Gasteiger partial charge in [0.1, 0.15) is 0 Å². The van der Waals surface area contributed by atoms with Crippen molar-refractivity contribution in [1.82, 2.24) is 4.98 Å². The number of aryl methyl sites for hydroxylation is 1. The lowest BCUT2D eigenvalue weighted by atomic mass is 10.0. The van der Waals surface area contributed by atoms with Gasteiger partial charge in [-0.15, -0.1) is 11.3 Å². The van der Waals surface area contributed by atoms with Gasteiger partial charge in [0.15, 0.2) is 0 Å². The molecule has 0 fully saturated rings. The summed E-state index contributed by atoms with van der Waals surface area (Å²) in [7, 11) is 0. The predicted octanol–water partition coefficient (Wildman–Crippen LogP) is 2.94. The lowest BCUT2D eigenvalue weighted by Crippen LogP contribution is -1.94. The third-order valence-electron chi connectivity index (χ3n) is 1.83. The van der Waals surface area contributed by atoms with Gasteiger partial charge in [-0.05, 0) is 18.8 Å². The highest BCUT2D eigenvalue weighted by Crippen LogP contribution is 2.13. The molecule has 0 aliphatic carbocycles. The van der Waals surface area contributed by atoms with Crippen molar-refractivity contribution in [1.29, 1.82) is 0 Å². The van der Waals surface area contributed by atoms with Gasteiger partial charge in [-0.2, -0.15) is 0 Å². The van der Waals surface area contributed by atoms with Gasteiger partial charge in [0, 0.05) is 11.6 Å². The van der Waals surface area contributed by atoms with E-state index in [0.29, 0.717) is 0 Å². The van der Waals surface area contributed by atoms with E-state index in [1.807, 2.05) is 11.6 Å². The zero-order valence-corrected chi connectivity index (χ0v) is 7.73. The first kappa shape index (κ1) is 8.72. The maximum absolute atomic E-state index is 4.22. The van der Waals surface area contributed by atoms with Crippen LogP contribution in [0.1, 0.15) is 24.8 Å². The molecule has 0 saturated carbocycles. The summed E-state index contributed by atoms with van der Waals surface area (Å²) in [6, 6.07) is 0. The van der Waals surface area contributed by atoms with E-state index in [-0.39, 0.29) is 0 Å². The van der Waals surface area contributed by atoms with Crippen LogP contribution in [0.15, 0.2) is 11.6 Å². The van der Waals surface area contributed by atoms with Gasteiger partial charge in [0.05, 0.1) is 5.01 Å². The van der Waals surface area contributed by atoms with Crippen molar-refractivity contribution in [3.05, 3.63) is 23.5 Å². The molecule has 1 aromatic heterocycles. The highest BCUT2D eigenvalue weighted by atomic mass is 32.1. The summed E-state index contributed by atoms with van der Waals surface area (Å²) in [5.41, 5.74) is 0. The van der Waals surface area contributed by atoms with E-state index in [0.717, 1.165) is 18.8 Å². The first-order chi connectivity index (χ1) is 5.33. The number of nitrogens with zero attached hydrogens (tertiary/aromatic N) is 1. The standard InChI is InChI=1S/C9H14NS/c1-3-8(2)4-5-9-10-6-7-11-9/h6-8H,1,3-5H2,2H3. The Hall–Kier alpha value is -0.370. The van der Waals surface area contributed by atoms with Gasteiger partial charge in [0.25, 0.3) is 0 Å². The summed E-state index contributed by atoms with van der Waals surface area (Å²) in [5.74, 6) is 0.735. The second kappa shape index (κ2) is 4.50. The summed E-state index contributed by atoms with van der Waals surface area (Å²) in [6.07, 6.45) is 5.24. The Balaban J connectivity index is 2.23. The highest BCUT2D eigenvalue weighted by Gasteiger charge is 2.00. The van der Waals surface area contributed by atoms with E-state index in [2.05, 4.69) is 18.8 Å². The molecule has 0 aromatic carbocycles. The van der Waals surface area contributed by atoms with Crippen LogP contribution in [-0.4, -0.2) is 4.98 Å². The van der Waals surface area contributed by atoms with E-state index in [1.54, 1.807) is 11.3 Å². The zero-order valence-electron chi connectivity index (χ0n) is 6.92. The van der Waals surface area contributed by atoms with Gasteiger partial charge in [-0.1, -0.05) is 20.3 Å². The lowest BCUT2D eigenvalue weighted by molar-refractivity contribution is 0.538. The normalized spacial score (nSPS) is 13.3. The Morgan fingerprint density at radius 2 is 2.55 bits per heavy atom. The molecule has 1 aromatic rings. The topological polar surface area (TPSA) is 12.9 Å². The molecule has 0 aliphatic heterocycles. The van der Waals surface area contributed by atoms with E-state index in [9.17, 15) is 0 Å². The van der Waals surface area contributed by atoms with E-state index >= 15 is 0 Å². The van der Waals surface area contributed by atoms with Crippen LogP contribution in [0.4, 0.5) is 0 Å². The number of aromatic nitrogens is 1. The van der Waals surface area contributed by atoms with Crippen molar-refractivity contribution in [2.75, 3.05) is 0 Å². The molecule has 0 saturated heterocycles. The van der Waals surface area contributed by atoms with Crippen LogP contribution in [0.2, 0.25) is 0 Å². The minimum atomic E-state index is 0.735. The first-order valence-corrected chi connectivity index (χ1v) is 4.88. The number of thiazole rings is 1. The van der Waals surface area contributed by atoms with Gasteiger partial charge in [0.2, 0.25) is 0 Å². The van der Waals surface area contributed by atoms with E-state index < -0.39 is 0 Å². The Kier molecular flexibility index (Phi) is 3.57. The Labute approximate surface area is 72.5 Å². The number of hydrogen-bond donors (Lipinski definition) is 0. The smallest absolute Gasteiger partial charge is 0.0924 e. The molecule has 0 amide bonds. The number of hydrogen-bond acceptors (Lipinski definition) is 2. The minimum absolute atomic E-state index is 0.735. The highest BCUT2D eigenvalue weighted by molar-refractivity contribution is 7.09. The minimum Gasteiger partial charge on any atom is -0.250 e. The average molecular weight is 168 g/mol. The van der Waals surface area contributed by atoms with Crippen LogP contribution in [0.25, 0.3) is 0 Å². The fraction of sp³-hybridized carbons (Fsp3) is 0.556. The molecule has 1 atom stereocenters. The fourth-order valence-corrected chi connectivity index (χ4v) is 1.53. The molecule has 1 heterocycles. The molecule has 1 radical (unpaired) electrons. The van der Waals surface area contributed by atoms with Crippen molar-refractivity contribution < 1.29 is 0 Å². The van der Waals surface area contributed by atoms with Crippen molar-refractivity contribution in [3.63, 3.8) is 0 Å². The van der Waals surface area contributed by atoms with Crippen LogP contribution in [0.3, 0.4) is 0 Å². The summed E-state index contributed by atoms with van der Waals surface area (Å²) < 4.78 is 0. The van der Waals surface area contributed by atoms with Crippen molar-refractivity contribution >= 4 is 11.3 Å². The van der Waals surface area contributed by atoms with E-state index in [1.165, 1.54) is 11.4 Å². The van der Waals surface area contributed by atoms with Gasteiger partial charge < -0.3 is 0 Å². The fourth-order valence-electron chi connectivity index (χ4n) is 0.891. The predicted molar refractivity (Wildman–Crippen MR) is 49.6 cm³/mol. The molecular weight excluding hydrogens is 154 g/mol. The maximum atomic E-state index is 4.22. The molecule has 1 nitrogen and oxygen atoms in total. The van der Waals surface area contributed by atoms with Gasteiger partial charge in [-0.25, -0.2) is 4.98 Å². The largest absolute Gasteiger partial charge is 0.250 e. The van der Waals surface area contributed by atoms with Crippen LogP contribution in [0, 0.1) is 12.8 Å². The molecule has 0 N–H and O–H groups in total. The van der Waals surface area contributed by atoms with Crippen molar-refractivity contribution in [2.45, 2.75) is 26.2 Å². The molecule has 0 bridgehead atoms. The second-order valence-corrected chi connectivity index (χ2v) is 3.84. The Bertz CT molecular complexity index is 181. The van der Waals surface area contributed by atoms with Gasteiger partial charge in [-0.3, -0.25) is 0 Å². The summed E-state index contributed by atoms with van der Waals surface area (Å²) in [5, 5.41) is 3.29. The maximum Gasteiger partial charge on any atom is 0.0924 e. The Morgan fingerprint density at radius 3 is 3.09 bits per heavy atom. The first-order valence-electron chi connectivity index (χ1n) is 4.00. The molecule has 11 heavy (non-hydrogen) atoms. The third-order valence-corrected chi connectivity index (χ3v) is 2.67. The monoisotopic (exact) mass is 168 g/mol. The van der Waals surface area contributed by atoms with Crippen LogP contribution in [0.5, 0.6) is 0 Å². The second-order valence-electron chi connectivity index (χ2n) is 2.86. The molecule has 2 heteroatoms. The molecule has 0 aliphatic rings. The molecule has 1 rings (SSSR count). The quantitative estimate of drug-likeness (QED) is 0.673. The van der Waals surface area contributed by atoms with Crippen molar-refractivity contribution in [3.8, 4) is 0 Å². The summed E-state index contributed by atoms with van der Waals surface area (Å²) >= 11 is 1.74. The average Bonchev–Trinajstić information content (AvgIpc) is 2.52. The van der Waals surface area contributed by atoms with Crippen LogP contribution >= 0.6 is 11.3 Å². The molecule has 0 spiro atoms.